The van der Waals surface area contributed by atoms with Gasteiger partial charge in [0, 0.05) is 26.4 Å². The number of carbonyl (C=O) groups excluding carboxylic acids is 1. The number of fused-ring (bicyclic) bond motifs is 1. The van der Waals surface area contributed by atoms with Gasteiger partial charge >= 0.3 is 0 Å². The molecule has 100 valence electrons. The summed E-state index contributed by atoms with van der Waals surface area (Å²) in [5.41, 5.74) is 2.81. The normalized spacial score (nSPS) is 18.9. The fourth-order valence-electron chi connectivity index (χ4n) is 2.45. The molecule has 2 heterocycles. The van der Waals surface area contributed by atoms with E-state index in [4.69, 9.17) is 4.74 Å². The van der Waals surface area contributed by atoms with Crippen molar-refractivity contribution in [2.75, 3.05) is 18.6 Å². The van der Waals surface area contributed by atoms with Gasteiger partial charge in [0.2, 0.25) is 0 Å². The van der Waals surface area contributed by atoms with Crippen LogP contribution in [0.25, 0.3) is 11.0 Å². The summed E-state index contributed by atoms with van der Waals surface area (Å²) < 4.78 is 7.40. The van der Waals surface area contributed by atoms with Crippen LogP contribution in [0.15, 0.2) is 24.5 Å². The van der Waals surface area contributed by atoms with Gasteiger partial charge in [-0.3, -0.25) is 4.79 Å². The summed E-state index contributed by atoms with van der Waals surface area (Å²) in [5, 5.41) is 0. The number of anilines is 1. The van der Waals surface area contributed by atoms with Crippen molar-refractivity contribution < 1.29 is 9.53 Å². The molecule has 0 spiro atoms. The second-order valence-electron chi connectivity index (χ2n) is 4.93. The quantitative estimate of drug-likeness (QED) is 0.825. The molecule has 1 aliphatic rings. The zero-order chi connectivity index (χ0) is 13.4. The van der Waals surface area contributed by atoms with Gasteiger partial charge in [0.25, 0.3) is 5.91 Å². The topological polar surface area (TPSA) is 47.4 Å². The molecule has 0 aliphatic carbocycles. The summed E-state index contributed by atoms with van der Waals surface area (Å²) in [7, 11) is 3.74. The lowest BCUT2D eigenvalue weighted by Crippen LogP contribution is -2.35. The number of aromatic nitrogens is 2. The first-order chi connectivity index (χ1) is 9.16. The van der Waals surface area contributed by atoms with E-state index in [9.17, 15) is 4.79 Å². The van der Waals surface area contributed by atoms with Gasteiger partial charge in [0.15, 0.2) is 0 Å². The van der Waals surface area contributed by atoms with E-state index in [1.807, 2.05) is 29.8 Å². The van der Waals surface area contributed by atoms with Crippen LogP contribution < -0.4 is 4.90 Å². The molecule has 1 aromatic carbocycles. The van der Waals surface area contributed by atoms with E-state index in [1.54, 1.807) is 18.3 Å². The van der Waals surface area contributed by atoms with Crippen LogP contribution in [0, 0.1) is 0 Å². The number of carbonyl (C=O) groups is 1. The first kappa shape index (κ1) is 12.2. The van der Waals surface area contributed by atoms with E-state index >= 15 is 0 Å². The van der Waals surface area contributed by atoms with E-state index in [2.05, 4.69) is 4.98 Å². The van der Waals surface area contributed by atoms with Gasteiger partial charge in [-0.1, -0.05) is 0 Å². The van der Waals surface area contributed by atoms with Crippen molar-refractivity contribution >= 4 is 22.6 Å². The van der Waals surface area contributed by atoms with Crippen molar-refractivity contribution in [2.24, 2.45) is 7.05 Å². The molecular formula is C14H17N3O2. The molecule has 19 heavy (non-hydrogen) atoms. The number of ether oxygens (including phenoxy) is 1. The molecule has 1 atom stereocenters. The number of nitrogens with zero attached hydrogens (tertiary/aromatic N) is 3. The first-order valence-electron chi connectivity index (χ1n) is 6.47. The lowest BCUT2D eigenvalue weighted by atomic mass is 10.2. The number of amides is 1. The van der Waals surface area contributed by atoms with E-state index in [1.165, 1.54) is 0 Å². The number of imidazole rings is 1. The Hall–Kier alpha value is -1.88. The van der Waals surface area contributed by atoms with Crippen molar-refractivity contribution in [3.63, 3.8) is 0 Å². The Morgan fingerprint density at radius 3 is 3.11 bits per heavy atom. The Labute approximate surface area is 111 Å². The average molecular weight is 259 g/mol. The maximum atomic E-state index is 12.3. The van der Waals surface area contributed by atoms with Crippen LogP contribution in [-0.2, 0) is 16.6 Å². The van der Waals surface area contributed by atoms with Gasteiger partial charge in [-0.25, -0.2) is 4.98 Å². The second kappa shape index (κ2) is 4.66. The van der Waals surface area contributed by atoms with Crippen molar-refractivity contribution in [1.29, 1.82) is 0 Å². The maximum absolute atomic E-state index is 12.3. The number of benzene rings is 1. The molecule has 0 saturated carbocycles. The Kier molecular flexibility index (Phi) is 2.98. The second-order valence-corrected chi connectivity index (χ2v) is 4.93. The fourth-order valence-corrected chi connectivity index (χ4v) is 2.45. The molecule has 0 N–H and O–H groups in total. The highest BCUT2D eigenvalue weighted by molar-refractivity contribution is 5.97. The van der Waals surface area contributed by atoms with Crippen LogP contribution in [-0.4, -0.2) is 35.2 Å². The van der Waals surface area contributed by atoms with Crippen LogP contribution in [0.1, 0.15) is 12.8 Å². The maximum Gasteiger partial charge on any atom is 0.255 e. The van der Waals surface area contributed by atoms with Gasteiger partial charge in [-0.15, -0.1) is 0 Å². The number of hydrogen-bond acceptors (Lipinski definition) is 3. The minimum absolute atomic E-state index is 0.0211. The third-order valence-electron chi connectivity index (χ3n) is 3.63. The number of likely N-dealkylation sites (N-methyl/N-ethyl adjacent to an activating group) is 1. The highest BCUT2D eigenvalue weighted by Crippen LogP contribution is 2.22. The molecule has 1 fully saturated rings. The first-order valence-corrected chi connectivity index (χ1v) is 6.47. The van der Waals surface area contributed by atoms with E-state index < -0.39 is 0 Å². The summed E-state index contributed by atoms with van der Waals surface area (Å²) in [6.07, 6.45) is 3.26. The van der Waals surface area contributed by atoms with E-state index in [-0.39, 0.29) is 12.0 Å². The summed E-state index contributed by atoms with van der Waals surface area (Å²) in [6, 6.07) is 5.86. The number of rotatable bonds is 2. The molecule has 5 nitrogen and oxygen atoms in total. The van der Waals surface area contributed by atoms with Crippen LogP contribution in [0.3, 0.4) is 0 Å². The molecule has 3 rings (SSSR count). The molecule has 1 aromatic heterocycles. The van der Waals surface area contributed by atoms with Crippen molar-refractivity contribution in [3.05, 3.63) is 24.5 Å². The molecule has 5 heteroatoms. The molecule has 0 radical (unpaired) electrons. The van der Waals surface area contributed by atoms with Crippen molar-refractivity contribution in [2.45, 2.75) is 18.9 Å². The highest BCUT2D eigenvalue weighted by Gasteiger charge is 2.27. The summed E-state index contributed by atoms with van der Waals surface area (Å²) in [4.78, 5) is 18.2. The molecule has 1 unspecified atom stereocenters. The minimum Gasteiger partial charge on any atom is -0.368 e. The highest BCUT2D eigenvalue weighted by atomic mass is 16.5. The Balaban J connectivity index is 1.88. The fraction of sp³-hybridized carbons (Fsp3) is 0.429. The monoisotopic (exact) mass is 259 g/mol. The Morgan fingerprint density at radius 1 is 1.53 bits per heavy atom. The Bertz CT molecular complexity index is 614. The SMILES string of the molecule is CN(C(=O)C1CCCO1)c1ccc2c(c1)ncn2C. The molecule has 2 aromatic rings. The Morgan fingerprint density at radius 2 is 2.37 bits per heavy atom. The van der Waals surface area contributed by atoms with Gasteiger partial charge in [0.1, 0.15) is 6.10 Å². The predicted octanol–water partition coefficient (Wildman–Crippen LogP) is 1.72. The van der Waals surface area contributed by atoms with Crippen LogP contribution in [0.5, 0.6) is 0 Å². The zero-order valence-corrected chi connectivity index (χ0v) is 11.2. The van der Waals surface area contributed by atoms with Crippen LogP contribution in [0.4, 0.5) is 5.69 Å². The average Bonchev–Trinajstić information content (AvgIpc) is 3.07. The third kappa shape index (κ3) is 2.10. The summed E-state index contributed by atoms with van der Waals surface area (Å²) >= 11 is 0. The predicted molar refractivity (Wildman–Crippen MR) is 73.1 cm³/mol. The smallest absolute Gasteiger partial charge is 0.255 e. The molecular weight excluding hydrogens is 242 g/mol. The molecule has 1 amide bonds. The number of aryl methyl sites for hydroxylation is 1. The van der Waals surface area contributed by atoms with Crippen molar-refractivity contribution in [1.82, 2.24) is 9.55 Å². The third-order valence-corrected chi connectivity index (χ3v) is 3.63. The van der Waals surface area contributed by atoms with Crippen LogP contribution >= 0.6 is 0 Å². The van der Waals surface area contributed by atoms with Crippen LogP contribution in [0.2, 0.25) is 0 Å². The number of hydrogen-bond donors (Lipinski definition) is 0. The standard InChI is InChI=1S/C14H17N3O2/c1-16-9-15-11-8-10(5-6-12(11)16)17(2)14(18)13-4-3-7-19-13/h5-6,8-9,13H,3-4,7H2,1-2H3. The summed E-state index contributed by atoms with van der Waals surface area (Å²) in [5.74, 6) is 0.0211. The molecule has 1 saturated heterocycles. The van der Waals surface area contributed by atoms with E-state index in [0.717, 1.165) is 29.6 Å². The molecule has 0 bridgehead atoms. The van der Waals surface area contributed by atoms with Gasteiger partial charge in [-0.2, -0.15) is 0 Å². The van der Waals surface area contributed by atoms with Crippen molar-refractivity contribution in [3.8, 4) is 0 Å². The lowest BCUT2D eigenvalue weighted by Gasteiger charge is -2.20. The van der Waals surface area contributed by atoms with Gasteiger partial charge < -0.3 is 14.2 Å². The van der Waals surface area contributed by atoms with Gasteiger partial charge in [-0.05, 0) is 31.0 Å². The zero-order valence-electron chi connectivity index (χ0n) is 11.2. The van der Waals surface area contributed by atoms with Gasteiger partial charge in [0.05, 0.1) is 17.4 Å². The molecule has 1 aliphatic heterocycles. The largest absolute Gasteiger partial charge is 0.368 e. The van der Waals surface area contributed by atoms with E-state index in [0.29, 0.717) is 6.61 Å². The minimum atomic E-state index is -0.288. The summed E-state index contributed by atoms with van der Waals surface area (Å²) in [6.45, 7) is 0.684. The lowest BCUT2D eigenvalue weighted by molar-refractivity contribution is -0.127.